The maximum atomic E-state index is 4.09. The number of hydrogen-bond donors (Lipinski definition) is 0. The van der Waals surface area contributed by atoms with Gasteiger partial charge in [-0.25, -0.2) is 0 Å². The zero-order chi connectivity index (χ0) is 13.6. The summed E-state index contributed by atoms with van der Waals surface area (Å²) < 4.78 is 0. The molecule has 0 aliphatic rings. The van der Waals surface area contributed by atoms with Crippen LogP contribution in [0.25, 0.3) is 0 Å². The van der Waals surface area contributed by atoms with Crippen LogP contribution in [-0.2, 0) is 0 Å². The monoisotopic (exact) mass is 234 g/mol. The van der Waals surface area contributed by atoms with E-state index >= 15 is 0 Å². The van der Waals surface area contributed by atoms with E-state index in [2.05, 4.69) is 66.9 Å². The molecule has 3 atom stereocenters. The average Bonchev–Trinajstić information content (AvgIpc) is 2.26. The van der Waals surface area contributed by atoms with Crippen LogP contribution in [0, 0.1) is 11.8 Å². The van der Waals surface area contributed by atoms with E-state index in [-0.39, 0.29) is 0 Å². The van der Waals surface area contributed by atoms with E-state index in [1.807, 2.05) is 0 Å². The van der Waals surface area contributed by atoms with E-state index in [0.717, 1.165) is 6.54 Å². The van der Waals surface area contributed by atoms with Crippen LogP contribution in [0.1, 0.15) is 34.1 Å². The van der Waals surface area contributed by atoms with Crippen molar-refractivity contribution in [2.24, 2.45) is 11.8 Å². The predicted molar refractivity (Wildman–Crippen MR) is 80.6 cm³/mol. The van der Waals surface area contributed by atoms with Crippen molar-refractivity contribution >= 4 is 7.28 Å². The standard InChI is InChI=1S/C15H29BN/c1-11(2)15(6)17(8)10-12(3)9-13(4)14(5)16-7/h12-13,15H,1,5,9-10H2,2-4,6-8H3. The first-order chi connectivity index (χ1) is 7.79. The lowest BCUT2D eigenvalue weighted by Crippen LogP contribution is -2.34. The minimum Gasteiger partial charge on any atom is -0.300 e. The van der Waals surface area contributed by atoms with Crippen molar-refractivity contribution in [3.8, 4) is 0 Å². The number of likely N-dealkylation sites (N-methyl/N-ethyl adjacent to an activating group) is 1. The molecule has 0 fully saturated rings. The molecule has 0 aliphatic carbocycles. The fraction of sp³-hybridized carbons (Fsp3) is 0.733. The summed E-state index contributed by atoms with van der Waals surface area (Å²) in [5.74, 6) is 1.28. The largest absolute Gasteiger partial charge is 0.300 e. The summed E-state index contributed by atoms with van der Waals surface area (Å²) in [4.78, 5) is 2.39. The molecule has 0 N–H and O–H groups in total. The van der Waals surface area contributed by atoms with Gasteiger partial charge in [-0.1, -0.05) is 32.8 Å². The van der Waals surface area contributed by atoms with Crippen molar-refractivity contribution in [3.05, 3.63) is 24.2 Å². The van der Waals surface area contributed by atoms with Gasteiger partial charge in [-0.2, -0.15) is 0 Å². The van der Waals surface area contributed by atoms with E-state index in [1.54, 1.807) is 0 Å². The van der Waals surface area contributed by atoms with Gasteiger partial charge in [-0.05, 0) is 39.2 Å². The molecule has 0 heterocycles. The third kappa shape index (κ3) is 6.11. The number of hydrogen-bond acceptors (Lipinski definition) is 1. The number of rotatable bonds is 8. The molecule has 1 radical (unpaired) electrons. The van der Waals surface area contributed by atoms with E-state index in [1.165, 1.54) is 17.5 Å². The highest BCUT2D eigenvalue weighted by Gasteiger charge is 2.15. The molecule has 0 bridgehead atoms. The second kappa shape index (κ2) is 7.76. The molecule has 17 heavy (non-hydrogen) atoms. The quantitative estimate of drug-likeness (QED) is 0.456. The van der Waals surface area contributed by atoms with Crippen molar-refractivity contribution in [1.82, 2.24) is 4.90 Å². The molecule has 0 rings (SSSR count). The van der Waals surface area contributed by atoms with Crippen molar-refractivity contribution in [2.45, 2.75) is 47.0 Å². The molecule has 2 heteroatoms. The Hall–Kier alpha value is -0.495. The first-order valence-corrected chi connectivity index (χ1v) is 6.63. The highest BCUT2D eigenvalue weighted by atomic mass is 15.1. The Labute approximate surface area is 109 Å². The summed E-state index contributed by atoms with van der Waals surface area (Å²) in [6, 6.07) is 0.466. The molecule has 0 aliphatic heterocycles. The maximum Gasteiger partial charge on any atom is 0.142 e. The van der Waals surface area contributed by atoms with Gasteiger partial charge in [0.15, 0.2) is 0 Å². The first kappa shape index (κ1) is 16.5. The lowest BCUT2D eigenvalue weighted by Gasteiger charge is -2.29. The van der Waals surface area contributed by atoms with E-state index in [4.69, 9.17) is 0 Å². The second-order valence-corrected chi connectivity index (χ2v) is 5.57. The average molecular weight is 234 g/mol. The highest BCUT2D eigenvalue weighted by molar-refractivity contribution is 6.43. The Kier molecular flexibility index (Phi) is 7.53. The van der Waals surface area contributed by atoms with Crippen molar-refractivity contribution in [3.63, 3.8) is 0 Å². The van der Waals surface area contributed by atoms with Crippen molar-refractivity contribution < 1.29 is 0 Å². The third-order valence-corrected chi connectivity index (χ3v) is 3.73. The second-order valence-electron chi connectivity index (χ2n) is 5.57. The van der Waals surface area contributed by atoms with Crippen LogP contribution >= 0.6 is 0 Å². The Morgan fingerprint density at radius 1 is 1.24 bits per heavy atom. The molecule has 0 saturated carbocycles. The number of allylic oxidation sites excluding steroid dienone is 1. The van der Waals surface area contributed by atoms with Gasteiger partial charge in [0.25, 0.3) is 0 Å². The SMILES string of the molecule is C=C([B]C)C(C)CC(C)CN(C)C(C)C(=C)C. The fourth-order valence-electron chi connectivity index (χ4n) is 2.14. The highest BCUT2D eigenvalue weighted by Crippen LogP contribution is 2.19. The Morgan fingerprint density at radius 2 is 1.76 bits per heavy atom. The molecule has 0 saturated heterocycles. The molecule has 97 valence electrons. The van der Waals surface area contributed by atoms with Crippen LogP contribution in [0.15, 0.2) is 24.2 Å². The molecular formula is C15H29BN. The van der Waals surface area contributed by atoms with Crippen LogP contribution in [0.3, 0.4) is 0 Å². The first-order valence-electron chi connectivity index (χ1n) is 6.63. The van der Waals surface area contributed by atoms with Crippen molar-refractivity contribution in [2.75, 3.05) is 13.6 Å². The molecule has 1 nitrogen and oxygen atoms in total. The van der Waals surface area contributed by atoms with Gasteiger partial charge in [0.2, 0.25) is 0 Å². The van der Waals surface area contributed by atoms with E-state index < -0.39 is 0 Å². The van der Waals surface area contributed by atoms with Crippen LogP contribution in [0.2, 0.25) is 6.82 Å². The van der Waals surface area contributed by atoms with Gasteiger partial charge in [0.05, 0.1) is 0 Å². The number of nitrogens with zero attached hydrogens (tertiary/aromatic N) is 1. The van der Waals surface area contributed by atoms with Crippen LogP contribution in [0.4, 0.5) is 0 Å². The Bertz CT molecular complexity index is 260. The molecule has 0 spiro atoms. The van der Waals surface area contributed by atoms with Gasteiger partial charge in [0, 0.05) is 12.6 Å². The summed E-state index contributed by atoms with van der Waals surface area (Å²) in [5.41, 5.74) is 2.49. The minimum atomic E-state index is 0.466. The van der Waals surface area contributed by atoms with Crippen LogP contribution in [-0.4, -0.2) is 31.8 Å². The normalized spacial score (nSPS) is 16.4. The topological polar surface area (TPSA) is 3.24 Å². The summed E-state index contributed by atoms with van der Waals surface area (Å²) in [6.07, 6.45) is 1.20. The molecule has 0 aromatic carbocycles. The van der Waals surface area contributed by atoms with Crippen LogP contribution < -0.4 is 0 Å². The molecule has 0 aromatic rings. The molecule has 3 unspecified atom stereocenters. The van der Waals surface area contributed by atoms with Gasteiger partial charge in [-0.3, -0.25) is 4.90 Å². The van der Waals surface area contributed by atoms with Gasteiger partial charge in [0.1, 0.15) is 7.28 Å². The fourth-order valence-corrected chi connectivity index (χ4v) is 2.14. The van der Waals surface area contributed by atoms with Gasteiger partial charge >= 0.3 is 0 Å². The van der Waals surface area contributed by atoms with E-state index in [0.29, 0.717) is 17.9 Å². The minimum absolute atomic E-state index is 0.466. The predicted octanol–water partition coefficient (Wildman–Crippen LogP) is 3.81. The Balaban J connectivity index is 4.13. The molecular weight excluding hydrogens is 205 g/mol. The summed E-state index contributed by atoms with van der Waals surface area (Å²) in [5, 5.41) is 0. The summed E-state index contributed by atoms with van der Waals surface area (Å²) in [7, 11) is 4.30. The maximum absolute atomic E-state index is 4.09. The molecule has 0 aromatic heterocycles. The lowest BCUT2D eigenvalue weighted by molar-refractivity contribution is 0.235. The summed E-state index contributed by atoms with van der Waals surface area (Å²) in [6.45, 7) is 20.2. The summed E-state index contributed by atoms with van der Waals surface area (Å²) >= 11 is 0. The van der Waals surface area contributed by atoms with Crippen LogP contribution in [0.5, 0.6) is 0 Å². The zero-order valence-corrected chi connectivity index (χ0v) is 12.6. The third-order valence-electron chi connectivity index (χ3n) is 3.73. The van der Waals surface area contributed by atoms with E-state index in [9.17, 15) is 0 Å². The van der Waals surface area contributed by atoms with Crippen molar-refractivity contribution in [1.29, 1.82) is 0 Å². The Morgan fingerprint density at radius 3 is 2.18 bits per heavy atom. The smallest absolute Gasteiger partial charge is 0.142 e. The lowest BCUT2D eigenvalue weighted by atomic mass is 9.66. The molecule has 0 amide bonds. The zero-order valence-electron chi connectivity index (χ0n) is 12.6. The van der Waals surface area contributed by atoms with Gasteiger partial charge in [-0.15, -0.1) is 12.1 Å². The van der Waals surface area contributed by atoms with Gasteiger partial charge < -0.3 is 0 Å².